The van der Waals surface area contributed by atoms with Crippen molar-refractivity contribution >= 4 is 0 Å². The highest BCUT2D eigenvalue weighted by atomic mass is 16.3. The molecule has 1 heterocycles. The summed E-state index contributed by atoms with van der Waals surface area (Å²) in [6, 6.07) is 0.669. The van der Waals surface area contributed by atoms with E-state index in [0.29, 0.717) is 6.04 Å². The molecule has 1 saturated carbocycles. The number of nitrogens with zero attached hydrogens (tertiary/aromatic N) is 1. The molecule has 94 valence electrons. The van der Waals surface area contributed by atoms with E-state index in [-0.39, 0.29) is 6.10 Å². The molecule has 2 fully saturated rings. The summed E-state index contributed by atoms with van der Waals surface area (Å²) >= 11 is 0. The van der Waals surface area contributed by atoms with Crippen LogP contribution in [0.5, 0.6) is 0 Å². The van der Waals surface area contributed by atoms with Gasteiger partial charge in [0.1, 0.15) is 0 Å². The van der Waals surface area contributed by atoms with E-state index < -0.39 is 0 Å². The molecule has 0 radical (unpaired) electrons. The predicted octanol–water partition coefficient (Wildman–Crippen LogP) is 1.22. The highest BCUT2D eigenvalue weighted by molar-refractivity contribution is 4.78. The maximum Gasteiger partial charge on any atom is 0.0541 e. The number of hydrogen-bond donors (Lipinski definition) is 2. The number of hydrogen-bond acceptors (Lipinski definition) is 3. The summed E-state index contributed by atoms with van der Waals surface area (Å²) in [7, 11) is 2.22. The van der Waals surface area contributed by atoms with Crippen LogP contribution in [0, 0.1) is 5.92 Å². The number of rotatable bonds is 4. The quantitative estimate of drug-likeness (QED) is 0.756. The Balaban J connectivity index is 1.54. The number of likely N-dealkylation sites (tertiary alicyclic amines) is 1. The Morgan fingerprint density at radius 1 is 1.19 bits per heavy atom. The molecule has 1 aliphatic heterocycles. The topological polar surface area (TPSA) is 35.5 Å². The van der Waals surface area contributed by atoms with Crippen molar-refractivity contribution in [2.75, 3.05) is 26.7 Å². The lowest BCUT2D eigenvalue weighted by molar-refractivity contribution is 0.116. The minimum Gasteiger partial charge on any atom is -0.393 e. The fraction of sp³-hybridized carbons (Fsp3) is 1.00. The maximum atomic E-state index is 9.42. The minimum atomic E-state index is -0.0264. The Morgan fingerprint density at radius 2 is 1.94 bits per heavy atom. The van der Waals surface area contributed by atoms with Gasteiger partial charge in [-0.25, -0.2) is 0 Å². The fourth-order valence-corrected chi connectivity index (χ4v) is 3.03. The molecule has 2 rings (SSSR count). The van der Waals surface area contributed by atoms with Crippen molar-refractivity contribution in [3.8, 4) is 0 Å². The molecule has 1 unspecified atom stereocenters. The first-order valence-corrected chi connectivity index (χ1v) is 6.84. The second kappa shape index (κ2) is 5.99. The molecule has 0 spiro atoms. The third kappa shape index (κ3) is 3.72. The van der Waals surface area contributed by atoms with E-state index >= 15 is 0 Å². The van der Waals surface area contributed by atoms with Crippen molar-refractivity contribution < 1.29 is 5.11 Å². The van der Waals surface area contributed by atoms with Crippen LogP contribution in [0.15, 0.2) is 0 Å². The van der Waals surface area contributed by atoms with Crippen molar-refractivity contribution in [3.05, 3.63) is 0 Å². The van der Waals surface area contributed by atoms with E-state index in [0.717, 1.165) is 31.6 Å². The van der Waals surface area contributed by atoms with Crippen LogP contribution in [-0.2, 0) is 0 Å². The van der Waals surface area contributed by atoms with Gasteiger partial charge in [-0.15, -0.1) is 0 Å². The summed E-state index contributed by atoms with van der Waals surface area (Å²) in [5, 5.41) is 13.1. The molecule has 0 aromatic rings. The second-order valence-corrected chi connectivity index (χ2v) is 5.67. The summed E-state index contributed by atoms with van der Waals surface area (Å²) in [4.78, 5) is 2.43. The normalized spacial score (nSPS) is 36.8. The zero-order valence-electron chi connectivity index (χ0n) is 10.5. The van der Waals surface area contributed by atoms with Crippen LogP contribution in [0.1, 0.15) is 38.5 Å². The number of nitrogens with one attached hydrogen (secondary N) is 1. The van der Waals surface area contributed by atoms with Gasteiger partial charge in [0.05, 0.1) is 6.10 Å². The third-order valence-corrected chi connectivity index (χ3v) is 4.17. The molecule has 3 heteroatoms. The van der Waals surface area contributed by atoms with Crippen LogP contribution in [-0.4, -0.2) is 48.8 Å². The SMILES string of the molecule is CN1CCC(CCNC2CCC(O)CC2)C1. The fourth-order valence-electron chi connectivity index (χ4n) is 3.03. The number of aliphatic hydroxyl groups excluding tert-OH is 1. The Kier molecular flexibility index (Phi) is 4.62. The van der Waals surface area contributed by atoms with Crippen molar-refractivity contribution in [2.24, 2.45) is 5.92 Å². The molecular weight excluding hydrogens is 200 g/mol. The molecular formula is C13H26N2O. The van der Waals surface area contributed by atoms with Crippen LogP contribution in [0.2, 0.25) is 0 Å². The lowest BCUT2D eigenvalue weighted by Gasteiger charge is -2.26. The van der Waals surface area contributed by atoms with Crippen molar-refractivity contribution in [1.82, 2.24) is 10.2 Å². The lowest BCUT2D eigenvalue weighted by atomic mass is 9.93. The standard InChI is InChI=1S/C13H26N2O/c1-15-9-7-11(10-15)6-8-14-12-2-4-13(16)5-3-12/h11-14,16H,2-10H2,1H3. The lowest BCUT2D eigenvalue weighted by Crippen LogP contribution is -2.35. The van der Waals surface area contributed by atoms with Gasteiger partial charge < -0.3 is 15.3 Å². The van der Waals surface area contributed by atoms with Gasteiger partial charge in [-0.3, -0.25) is 0 Å². The summed E-state index contributed by atoms with van der Waals surface area (Å²) in [6.07, 6.45) is 6.97. The largest absolute Gasteiger partial charge is 0.393 e. The summed E-state index contributed by atoms with van der Waals surface area (Å²) < 4.78 is 0. The van der Waals surface area contributed by atoms with E-state index in [1.54, 1.807) is 0 Å². The maximum absolute atomic E-state index is 9.42. The monoisotopic (exact) mass is 226 g/mol. The average Bonchev–Trinajstić information content (AvgIpc) is 2.67. The van der Waals surface area contributed by atoms with E-state index in [4.69, 9.17) is 0 Å². The van der Waals surface area contributed by atoms with Gasteiger partial charge in [0, 0.05) is 12.6 Å². The van der Waals surface area contributed by atoms with Gasteiger partial charge in [-0.05, 0) is 64.6 Å². The zero-order chi connectivity index (χ0) is 11.4. The molecule has 0 aromatic heterocycles. The molecule has 1 saturated heterocycles. The van der Waals surface area contributed by atoms with Gasteiger partial charge in [-0.2, -0.15) is 0 Å². The highest BCUT2D eigenvalue weighted by Crippen LogP contribution is 2.20. The first kappa shape index (κ1) is 12.3. The van der Waals surface area contributed by atoms with Crippen molar-refractivity contribution in [1.29, 1.82) is 0 Å². The molecule has 2 aliphatic rings. The van der Waals surface area contributed by atoms with Gasteiger partial charge in [0.2, 0.25) is 0 Å². The van der Waals surface area contributed by atoms with Gasteiger partial charge >= 0.3 is 0 Å². The molecule has 3 nitrogen and oxygen atoms in total. The highest BCUT2D eigenvalue weighted by Gasteiger charge is 2.21. The smallest absolute Gasteiger partial charge is 0.0541 e. The van der Waals surface area contributed by atoms with E-state index in [1.807, 2.05) is 0 Å². The molecule has 1 atom stereocenters. The molecule has 1 aliphatic carbocycles. The first-order chi connectivity index (χ1) is 7.74. The van der Waals surface area contributed by atoms with Gasteiger partial charge in [-0.1, -0.05) is 0 Å². The molecule has 0 bridgehead atoms. The summed E-state index contributed by atoms with van der Waals surface area (Å²) in [5.74, 6) is 0.909. The van der Waals surface area contributed by atoms with E-state index in [9.17, 15) is 5.11 Å². The van der Waals surface area contributed by atoms with Crippen LogP contribution < -0.4 is 5.32 Å². The first-order valence-electron chi connectivity index (χ1n) is 6.84. The predicted molar refractivity (Wildman–Crippen MR) is 66.5 cm³/mol. The van der Waals surface area contributed by atoms with Crippen molar-refractivity contribution in [3.63, 3.8) is 0 Å². The zero-order valence-corrected chi connectivity index (χ0v) is 10.5. The van der Waals surface area contributed by atoms with E-state index in [1.165, 1.54) is 32.5 Å². The molecule has 0 amide bonds. The Labute approximate surface area is 99.2 Å². The molecule has 16 heavy (non-hydrogen) atoms. The van der Waals surface area contributed by atoms with Gasteiger partial charge in [0.25, 0.3) is 0 Å². The van der Waals surface area contributed by atoms with E-state index in [2.05, 4.69) is 17.3 Å². The summed E-state index contributed by atoms with van der Waals surface area (Å²) in [5.41, 5.74) is 0. The molecule has 0 aromatic carbocycles. The van der Waals surface area contributed by atoms with Crippen LogP contribution in [0.3, 0.4) is 0 Å². The Bertz CT molecular complexity index is 202. The van der Waals surface area contributed by atoms with Gasteiger partial charge in [0.15, 0.2) is 0 Å². The average molecular weight is 226 g/mol. The Hall–Kier alpha value is -0.120. The third-order valence-electron chi connectivity index (χ3n) is 4.17. The van der Waals surface area contributed by atoms with Crippen LogP contribution >= 0.6 is 0 Å². The number of aliphatic hydroxyl groups is 1. The van der Waals surface area contributed by atoms with Crippen LogP contribution in [0.25, 0.3) is 0 Å². The summed E-state index contributed by atoms with van der Waals surface area (Å²) in [6.45, 7) is 3.73. The van der Waals surface area contributed by atoms with Crippen LogP contribution in [0.4, 0.5) is 0 Å². The Morgan fingerprint density at radius 3 is 2.56 bits per heavy atom. The second-order valence-electron chi connectivity index (χ2n) is 5.67. The minimum absolute atomic E-state index is 0.0264. The molecule has 2 N–H and O–H groups in total. The van der Waals surface area contributed by atoms with Crippen molar-refractivity contribution in [2.45, 2.75) is 50.7 Å².